The number of amides is 2. The lowest BCUT2D eigenvalue weighted by atomic mass is 9.92. The summed E-state index contributed by atoms with van der Waals surface area (Å²) in [6.07, 6.45) is 0.452. The van der Waals surface area contributed by atoms with Gasteiger partial charge in [0.2, 0.25) is 11.8 Å². The maximum atomic E-state index is 12.3. The molecule has 152 valence electrons. The molecule has 0 fully saturated rings. The summed E-state index contributed by atoms with van der Waals surface area (Å²) in [6, 6.07) is 11.5. The third-order valence-electron chi connectivity index (χ3n) is 3.70. The van der Waals surface area contributed by atoms with Crippen LogP contribution in [0.3, 0.4) is 0 Å². The van der Waals surface area contributed by atoms with Crippen LogP contribution in [0.2, 0.25) is 0 Å². The van der Waals surface area contributed by atoms with Crippen LogP contribution in [0.25, 0.3) is 10.6 Å². The van der Waals surface area contributed by atoms with Gasteiger partial charge in [-0.1, -0.05) is 32.9 Å². The molecule has 0 saturated carbocycles. The van der Waals surface area contributed by atoms with Gasteiger partial charge in [0, 0.05) is 22.4 Å². The Labute approximate surface area is 183 Å². The van der Waals surface area contributed by atoms with Crippen molar-refractivity contribution in [3.8, 4) is 10.6 Å². The summed E-state index contributed by atoms with van der Waals surface area (Å²) >= 11 is 4.46. The molecule has 3 aromatic rings. The number of thiophene rings is 1. The minimum Gasteiger partial charge on any atom is -0.326 e. The fraction of sp³-hybridized carbons (Fsp3) is 0.286. The molecule has 0 aliphatic rings. The standard InChI is InChI=1S/C21H23N3O2S3/c1-21(2,3)11-18(25)22-14-6-4-7-15(10-14)28-13-19(26)24-20-23-16(12-29-20)17-8-5-9-27-17/h4-10,12H,11,13H2,1-3H3,(H,22,25)(H,23,24,26). The van der Waals surface area contributed by atoms with Gasteiger partial charge in [0.15, 0.2) is 5.13 Å². The third kappa shape index (κ3) is 6.99. The number of thiazole rings is 1. The van der Waals surface area contributed by atoms with Crippen molar-refractivity contribution in [1.82, 2.24) is 4.98 Å². The van der Waals surface area contributed by atoms with Crippen molar-refractivity contribution >= 4 is 57.1 Å². The van der Waals surface area contributed by atoms with E-state index in [0.29, 0.717) is 11.6 Å². The lowest BCUT2D eigenvalue weighted by molar-refractivity contribution is -0.118. The molecule has 2 amide bonds. The van der Waals surface area contributed by atoms with E-state index in [1.807, 2.05) is 67.9 Å². The van der Waals surface area contributed by atoms with Crippen LogP contribution in [0.1, 0.15) is 27.2 Å². The predicted molar refractivity (Wildman–Crippen MR) is 124 cm³/mol. The molecule has 5 nitrogen and oxygen atoms in total. The average molecular weight is 446 g/mol. The second kappa shape index (κ2) is 9.56. The molecule has 0 unspecified atom stereocenters. The van der Waals surface area contributed by atoms with Crippen molar-refractivity contribution in [3.05, 3.63) is 47.2 Å². The van der Waals surface area contributed by atoms with Crippen LogP contribution in [0, 0.1) is 5.41 Å². The van der Waals surface area contributed by atoms with Gasteiger partial charge in [-0.15, -0.1) is 34.4 Å². The van der Waals surface area contributed by atoms with E-state index in [4.69, 9.17) is 0 Å². The van der Waals surface area contributed by atoms with Crippen LogP contribution in [-0.4, -0.2) is 22.6 Å². The predicted octanol–water partition coefficient (Wildman–Crippen LogP) is 5.98. The minimum absolute atomic E-state index is 0.0114. The Morgan fingerprint density at radius 1 is 1.07 bits per heavy atom. The average Bonchev–Trinajstić information content (AvgIpc) is 3.30. The molecule has 0 atom stereocenters. The van der Waals surface area contributed by atoms with Crippen LogP contribution >= 0.6 is 34.4 Å². The van der Waals surface area contributed by atoms with Crippen molar-refractivity contribution in [3.63, 3.8) is 0 Å². The molecule has 29 heavy (non-hydrogen) atoms. The van der Waals surface area contributed by atoms with E-state index in [-0.39, 0.29) is 23.0 Å². The number of hydrogen-bond acceptors (Lipinski definition) is 6. The smallest absolute Gasteiger partial charge is 0.236 e. The van der Waals surface area contributed by atoms with Crippen LogP contribution in [-0.2, 0) is 9.59 Å². The summed E-state index contributed by atoms with van der Waals surface area (Å²) in [5.74, 6) is 0.153. The van der Waals surface area contributed by atoms with E-state index in [1.54, 1.807) is 11.3 Å². The van der Waals surface area contributed by atoms with Crippen molar-refractivity contribution in [2.75, 3.05) is 16.4 Å². The van der Waals surface area contributed by atoms with E-state index in [2.05, 4.69) is 15.6 Å². The number of benzene rings is 1. The zero-order chi connectivity index (χ0) is 20.9. The van der Waals surface area contributed by atoms with Crippen LogP contribution in [0.15, 0.2) is 52.1 Å². The molecule has 2 aromatic heterocycles. The highest BCUT2D eigenvalue weighted by Crippen LogP contribution is 2.29. The maximum Gasteiger partial charge on any atom is 0.236 e. The summed E-state index contributed by atoms with van der Waals surface area (Å²) < 4.78 is 0. The van der Waals surface area contributed by atoms with Gasteiger partial charge in [0.05, 0.1) is 16.3 Å². The Balaban J connectivity index is 1.51. The number of rotatable bonds is 7. The molecule has 0 radical (unpaired) electrons. The molecular formula is C21H23N3O2S3. The largest absolute Gasteiger partial charge is 0.326 e. The van der Waals surface area contributed by atoms with E-state index in [0.717, 1.165) is 21.2 Å². The van der Waals surface area contributed by atoms with Gasteiger partial charge in [0.25, 0.3) is 0 Å². The molecule has 0 aliphatic heterocycles. The zero-order valence-corrected chi connectivity index (χ0v) is 19.0. The van der Waals surface area contributed by atoms with Crippen LogP contribution in [0.4, 0.5) is 10.8 Å². The first-order valence-corrected chi connectivity index (χ1v) is 11.8. The van der Waals surface area contributed by atoms with E-state index in [9.17, 15) is 9.59 Å². The number of nitrogens with one attached hydrogen (secondary N) is 2. The van der Waals surface area contributed by atoms with Gasteiger partial charge < -0.3 is 10.6 Å². The van der Waals surface area contributed by atoms with Gasteiger partial charge >= 0.3 is 0 Å². The number of carbonyl (C=O) groups excluding carboxylic acids is 2. The van der Waals surface area contributed by atoms with E-state index in [1.165, 1.54) is 23.1 Å². The van der Waals surface area contributed by atoms with E-state index < -0.39 is 0 Å². The number of thioether (sulfide) groups is 1. The lowest BCUT2D eigenvalue weighted by Gasteiger charge is -2.17. The number of anilines is 2. The topological polar surface area (TPSA) is 71.1 Å². The summed E-state index contributed by atoms with van der Waals surface area (Å²) in [6.45, 7) is 6.09. The molecule has 0 spiro atoms. The fourth-order valence-electron chi connectivity index (χ4n) is 2.52. The van der Waals surface area contributed by atoms with Crippen LogP contribution < -0.4 is 10.6 Å². The number of hydrogen-bond donors (Lipinski definition) is 2. The van der Waals surface area contributed by atoms with Crippen LogP contribution in [0.5, 0.6) is 0 Å². The number of carbonyl (C=O) groups is 2. The maximum absolute atomic E-state index is 12.3. The zero-order valence-electron chi connectivity index (χ0n) is 16.5. The molecule has 2 heterocycles. The van der Waals surface area contributed by atoms with Gasteiger partial charge in [-0.2, -0.15) is 0 Å². The van der Waals surface area contributed by atoms with Gasteiger partial charge in [-0.3, -0.25) is 9.59 Å². The monoisotopic (exact) mass is 445 g/mol. The normalized spacial score (nSPS) is 11.3. The summed E-state index contributed by atoms with van der Waals surface area (Å²) in [5.41, 5.74) is 1.56. The highest BCUT2D eigenvalue weighted by Gasteiger charge is 2.16. The SMILES string of the molecule is CC(C)(C)CC(=O)Nc1cccc(SCC(=O)Nc2nc(-c3cccs3)cs2)c1. The molecule has 0 saturated heterocycles. The molecule has 2 N–H and O–H groups in total. The van der Waals surface area contributed by atoms with Crippen molar-refractivity contribution in [2.45, 2.75) is 32.1 Å². The first-order chi connectivity index (χ1) is 13.8. The number of nitrogens with zero attached hydrogens (tertiary/aromatic N) is 1. The van der Waals surface area contributed by atoms with Crippen molar-refractivity contribution < 1.29 is 9.59 Å². The first-order valence-electron chi connectivity index (χ1n) is 9.10. The van der Waals surface area contributed by atoms with Gasteiger partial charge in [0.1, 0.15) is 0 Å². The minimum atomic E-state index is -0.107. The molecule has 3 rings (SSSR count). The first kappa shape index (κ1) is 21.5. The quantitative estimate of drug-likeness (QED) is 0.439. The highest BCUT2D eigenvalue weighted by molar-refractivity contribution is 8.00. The second-order valence-corrected chi connectivity index (χ2v) is 10.5. The van der Waals surface area contributed by atoms with Gasteiger partial charge in [-0.25, -0.2) is 4.98 Å². The van der Waals surface area contributed by atoms with Gasteiger partial charge in [-0.05, 0) is 35.1 Å². The number of aromatic nitrogens is 1. The Bertz CT molecular complexity index is 975. The van der Waals surface area contributed by atoms with Crippen molar-refractivity contribution in [1.29, 1.82) is 0 Å². The second-order valence-electron chi connectivity index (χ2n) is 7.67. The Morgan fingerprint density at radius 2 is 1.90 bits per heavy atom. The van der Waals surface area contributed by atoms with Crippen molar-refractivity contribution in [2.24, 2.45) is 5.41 Å². The lowest BCUT2D eigenvalue weighted by Crippen LogP contribution is -2.19. The molecular weight excluding hydrogens is 422 g/mol. The fourth-order valence-corrected chi connectivity index (χ4v) is 4.77. The van der Waals surface area contributed by atoms with E-state index >= 15 is 0 Å². The summed E-state index contributed by atoms with van der Waals surface area (Å²) in [7, 11) is 0. The molecule has 0 bridgehead atoms. The highest BCUT2D eigenvalue weighted by atomic mass is 32.2. The molecule has 8 heteroatoms. The Kier molecular flexibility index (Phi) is 7.10. The molecule has 0 aliphatic carbocycles. The summed E-state index contributed by atoms with van der Waals surface area (Å²) in [5, 5.41) is 10.3. The summed E-state index contributed by atoms with van der Waals surface area (Å²) in [4.78, 5) is 30.8. The Morgan fingerprint density at radius 3 is 2.62 bits per heavy atom. The third-order valence-corrected chi connectivity index (χ3v) is 6.35. The Hall–Kier alpha value is -2.16. The molecule has 1 aromatic carbocycles.